The van der Waals surface area contributed by atoms with E-state index in [1.54, 1.807) is 0 Å². The molecule has 0 bridgehead atoms. The molecule has 0 radical (unpaired) electrons. The number of rotatable bonds is 1. The van der Waals surface area contributed by atoms with Gasteiger partial charge in [-0.15, -0.1) is 0 Å². The molecule has 54 valence electrons. The molecule has 1 aromatic carbocycles. The molecular weight excluding hydrogens is 131 g/mol. The fraction of sp³-hybridized carbons (Fsp3) is 0.250. The highest BCUT2D eigenvalue weighted by molar-refractivity contribution is 5.28. The fourth-order valence-corrected chi connectivity index (χ4v) is 0.832. The first kappa shape index (κ1) is 7.06. The van der Waals surface area contributed by atoms with Crippen molar-refractivity contribution in [3.63, 3.8) is 0 Å². The van der Waals surface area contributed by atoms with Crippen LogP contribution in [0.2, 0.25) is 0 Å². The van der Waals surface area contributed by atoms with Crippen molar-refractivity contribution in [1.82, 2.24) is 0 Å². The Morgan fingerprint density at radius 2 is 2.20 bits per heavy atom. The highest BCUT2D eigenvalue weighted by Crippen LogP contribution is 2.14. The Balaban J connectivity index is 3.09. The van der Waals surface area contributed by atoms with Crippen molar-refractivity contribution in [3.05, 3.63) is 29.6 Å². The topological polar surface area (TPSA) is 20.2 Å². The molecular formula is C8H9FO. The first-order valence-corrected chi connectivity index (χ1v) is 3.21. The Morgan fingerprint density at radius 3 is 2.70 bits per heavy atom. The first-order chi connectivity index (χ1) is 4.74. The highest BCUT2D eigenvalue weighted by Gasteiger charge is 1.98. The monoisotopic (exact) mass is 140 g/mol. The van der Waals surface area contributed by atoms with Crippen molar-refractivity contribution < 1.29 is 9.50 Å². The molecule has 0 fully saturated rings. The Bertz CT molecular complexity index is 233. The summed E-state index contributed by atoms with van der Waals surface area (Å²) in [7, 11) is 0. The van der Waals surface area contributed by atoms with Crippen LogP contribution in [0.5, 0.6) is 5.75 Å². The van der Waals surface area contributed by atoms with E-state index < -0.39 is 0 Å². The Labute approximate surface area is 59.1 Å². The largest absolute Gasteiger partial charge is 0.508 e. The van der Waals surface area contributed by atoms with E-state index >= 15 is 0 Å². The molecule has 2 heteroatoms. The van der Waals surface area contributed by atoms with Crippen molar-refractivity contribution in [3.8, 4) is 5.75 Å². The summed E-state index contributed by atoms with van der Waals surface area (Å²) in [4.78, 5) is 0. The molecule has 0 atom stereocenters. The van der Waals surface area contributed by atoms with Crippen LogP contribution in [-0.4, -0.2) is 5.11 Å². The smallest absolute Gasteiger partial charge is 0.126 e. The van der Waals surface area contributed by atoms with Crippen LogP contribution in [0.3, 0.4) is 0 Å². The third-order valence-electron chi connectivity index (χ3n) is 1.41. The van der Waals surface area contributed by atoms with Crippen LogP contribution in [0.4, 0.5) is 4.39 Å². The van der Waals surface area contributed by atoms with E-state index in [0.717, 1.165) is 0 Å². The molecule has 1 aromatic rings. The van der Waals surface area contributed by atoms with Crippen LogP contribution >= 0.6 is 0 Å². The molecule has 0 unspecified atom stereocenters. The second-order valence-corrected chi connectivity index (χ2v) is 2.13. The van der Waals surface area contributed by atoms with E-state index in [0.29, 0.717) is 12.0 Å². The van der Waals surface area contributed by atoms with Gasteiger partial charge in [-0.05, 0) is 30.2 Å². The standard InChI is InChI=1S/C8H9FO/c1-2-6-5-7(10)3-4-8(6)9/h3-5,10H,2H2,1H3. The van der Waals surface area contributed by atoms with Gasteiger partial charge in [0.1, 0.15) is 11.6 Å². The average Bonchev–Trinajstić information content (AvgIpc) is 1.94. The molecule has 10 heavy (non-hydrogen) atoms. The number of hydrogen-bond donors (Lipinski definition) is 1. The minimum absolute atomic E-state index is 0.123. The van der Waals surface area contributed by atoms with Gasteiger partial charge < -0.3 is 5.11 Å². The van der Waals surface area contributed by atoms with Gasteiger partial charge in [0.25, 0.3) is 0 Å². The van der Waals surface area contributed by atoms with Crippen LogP contribution < -0.4 is 0 Å². The number of halogens is 1. The van der Waals surface area contributed by atoms with Crippen molar-refractivity contribution in [2.24, 2.45) is 0 Å². The predicted molar refractivity (Wildman–Crippen MR) is 37.4 cm³/mol. The van der Waals surface area contributed by atoms with Crippen molar-refractivity contribution >= 4 is 0 Å². The van der Waals surface area contributed by atoms with Crippen LogP contribution in [0.15, 0.2) is 18.2 Å². The zero-order valence-electron chi connectivity index (χ0n) is 5.76. The maximum Gasteiger partial charge on any atom is 0.126 e. The molecule has 1 nitrogen and oxygen atoms in total. The number of hydrogen-bond acceptors (Lipinski definition) is 1. The maximum absolute atomic E-state index is 12.7. The summed E-state index contributed by atoms with van der Waals surface area (Å²) in [5, 5.41) is 8.90. The maximum atomic E-state index is 12.7. The molecule has 1 N–H and O–H groups in total. The van der Waals surface area contributed by atoms with Gasteiger partial charge in [-0.25, -0.2) is 4.39 Å². The summed E-state index contributed by atoms with van der Waals surface area (Å²) < 4.78 is 12.7. The van der Waals surface area contributed by atoms with Crippen LogP contribution in [0.25, 0.3) is 0 Å². The van der Waals surface area contributed by atoms with E-state index in [1.165, 1.54) is 18.2 Å². The lowest BCUT2D eigenvalue weighted by Gasteiger charge is -1.98. The zero-order chi connectivity index (χ0) is 7.56. The molecule has 0 amide bonds. The normalized spacial score (nSPS) is 9.80. The molecule has 0 aliphatic rings. The van der Waals surface area contributed by atoms with Gasteiger partial charge >= 0.3 is 0 Å². The predicted octanol–water partition coefficient (Wildman–Crippen LogP) is 2.09. The van der Waals surface area contributed by atoms with E-state index in [-0.39, 0.29) is 11.6 Å². The lowest BCUT2D eigenvalue weighted by molar-refractivity contribution is 0.471. The van der Waals surface area contributed by atoms with Gasteiger partial charge in [-0.2, -0.15) is 0 Å². The molecule has 1 rings (SSSR count). The summed E-state index contributed by atoms with van der Waals surface area (Å²) >= 11 is 0. The Hall–Kier alpha value is -1.05. The molecule has 0 aromatic heterocycles. The summed E-state index contributed by atoms with van der Waals surface area (Å²) in [6, 6.07) is 4.05. The number of phenolic OH excluding ortho intramolecular Hbond substituents is 1. The van der Waals surface area contributed by atoms with Gasteiger partial charge in [-0.1, -0.05) is 6.92 Å². The fourth-order valence-electron chi connectivity index (χ4n) is 0.832. The van der Waals surface area contributed by atoms with Crippen LogP contribution in [0, 0.1) is 5.82 Å². The van der Waals surface area contributed by atoms with Gasteiger partial charge in [0.2, 0.25) is 0 Å². The third-order valence-corrected chi connectivity index (χ3v) is 1.41. The third kappa shape index (κ3) is 1.26. The molecule has 0 heterocycles. The van der Waals surface area contributed by atoms with E-state index in [2.05, 4.69) is 0 Å². The summed E-state index contributed by atoms with van der Waals surface area (Å²) in [5.41, 5.74) is 0.556. The van der Waals surface area contributed by atoms with Gasteiger partial charge in [0.05, 0.1) is 0 Å². The van der Waals surface area contributed by atoms with E-state index in [1.807, 2.05) is 6.92 Å². The van der Waals surface area contributed by atoms with Gasteiger partial charge in [-0.3, -0.25) is 0 Å². The first-order valence-electron chi connectivity index (χ1n) is 3.21. The molecule has 0 aliphatic heterocycles. The molecule has 0 spiro atoms. The second kappa shape index (κ2) is 2.69. The van der Waals surface area contributed by atoms with Crippen molar-refractivity contribution in [1.29, 1.82) is 0 Å². The number of phenols is 1. The van der Waals surface area contributed by atoms with Gasteiger partial charge in [0, 0.05) is 0 Å². The minimum atomic E-state index is -0.250. The number of benzene rings is 1. The zero-order valence-corrected chi connectivity index (χ0v) is 5.76. The molecule has 0 saturated heterocycles. The second-order valence-electron chi connectivity index (χ2n) is 2.13. The van der Waals surface area contributed by atoms with Crippen molar-refractivity contribution in [2.45, 2.75) is 13.3 Å². The summed E-state index contributed by atoms with van der Waals surface area (Å²) in [6.07, 6.45) is 0.611. The quantitative estimate of drug-likeness (QED) is 0.633. The number of aryl methyl sites for hydroxylation is 1. The average molecular weight is 140 g/mol. The van der Waals surface area contributed by atoms with Gasteiger partial charge in [0.15, 0.2) is 0 Å². The lowest BCUT2D eigenvalue weighted by Crippen LogP contribution is -1.85. The lowest BCUT2D eigenvalue weighted by atomic mass is 10.1. The summed E-state index contributed by atoms with van der Waals surface area (Å²) in [5.74, 6) is -0.126. The highest BCUT2D eigenvalue weighted by atomic mass is 19.1. The molecule has 0 saturated carbocycles. The number of aromatic hydroxyl groups is 1. The van der Waals surface area contributed by atoms with E-state index in [4.69, 9.17) is 5.11 Å². The van der Waals surface area contributed by atoms with E-state index in [9.17, 15) is 4.39 Å². The molecule has 0 aliphatic carbocycles. The Morgan fingerprint density at radius 1 is 1.50 bits per heavy atom. The summed E-state index contributed by atoms with van der Waals surface area (Å²) in [6.45, 7) is 1.85. The van der Waals surface area contributed by atoms with Crippen LogP contribution in [-0.2, 0) is 6.42 Å². The van der Waals surface area contributed by atoms with Crippen molar-refractivity contribution in [2.75, 3.05) is 0 Å². The SMILES string of the molecule is CCc1cc(O)ccc1F. The van der Waals surface area contributed by atoms with Crippen LogP contribution in [0.1, 0.15) is 12.5 Å². The minimum Gasteiger partial charge on any atom is -0.508 e. The Kier molecular flexibility index (Phi) is 1.90.